The van der Waals surface area contributed by atoms with E-state index in [2.05, 4.69) is 180 Å². The largest absolute Gasteiger partial charge is 0.530 e. The van der Waals surface area contributed by atoms with Gasteiger partial charge in [-0.1, -0.05) is 217 Å². The number of fused-ring (bicyclic) bond motifs is 4. The molecule has 386 valence electrons. The molecule has 0 heterocycles. The SMILES string of the molecule is CC(C)(C)c1cc(-c2cc(C(C)(C)C)cc(C(C)(C)C)c2OP(Oc2ccc3ccccc3c2)Oc2ccc3ccccc3c2)c(OP(Oc2ccc3ccccc3c2)Oc2ccc3ccccc3c2)c(C(C)(C)C)c1. The van der Waals surface area contributed by atoms with Gasteiger partial charge in [0.1, 0.15) is 34.5 Å². The maximum atomic E-state index is 7.55. The van der Waals surface area contributed by atoms with Crippen molar-refractivity contribution in [2.24, 2.45) is 0 Å². The predicted molar refractivity (Wildman–Crippen MR) is 320 cm³/mol. The van der Waals surface area contributed by atoms with Crippen LogP contribution in [0.1, 0.15) is 105 Å². The molecule has 0 atom stereocenters. The van der Waals surface area contributed by atoms with Crippen LogP contribution in [0.3, 0.4) is 0 Å². The van der Waals surface area contributed by atoms with Crippen LogP contribution in [0.15, 0.2) is 194 Å². The smallest absolute Gasteiger partial charge is 0.408 e. The molecule has 0 aliphatic heterocycles. The number of hydrogen-bond acceptors (Lipinski definition) is 6. The van der Waals surface area contributed by atoms with Gasteiger partial charge in [-0.25, -0.2) is 0 Å². The van der Waals surface area contributed by atoms with E-state index in [-0.39, 0.29) is 10.8 Å². The molecule has 0 aromatic heterocycles. The molecule has 8 heteroatoms. The second kappa shape index (κ2) is 20.8. The van der Waals surface area contributed by atoms with Crippen LogP contribution in [0.5, 0.6) is 34.5 Å². The zero-order valence-corrected chi connectivity index (χ0v) is 47.6. The van der Waals surface area contributed by atoms with E-state index in [0.717, 1.165) is 76.5 Å². The van der Waals surface area contributed by atoms with Gasteiger partial charge in [0.25, 0.3) is 0 Å². The highest BCUT2D eigenvalue weighted by atomic mass is 31.2. The molecule has 0 spiro atoms. The molecule has 0 amide bonds. The fourth-order valence-corrected chi connectivity index (χ4v) is 11.4. The molecule has 0 bridgehead atoms. The summed E-state index contributed by atoms with van der Waals surface area (Å²) in [5, 5.41) is 8.65. The molecular weight excluding hydrogens is 975 g/mol. The molecule has 0 saturated carbocycles. The summed E-state index contributed by atoms with van der Waals surface area (Å²) < 4.78 is 43.1. The van der Waals surface area contributed by atoms with Gasteiger partial charge < -0.3 is 27.1 Å². The molecule has 0 unspecified atom stereocenters. The Morgan fingerprint density at radius 1 is 0.250 bits per heavy atom. The van der Waals surface area contributed by atoms with Crippen LogP contribution in [0.25, 0.3) is 54.2 Å². The Morgan fingerprint density at radius 3 is 0.737 bits per heavy atom. The van der Waals surface area contributed by atoms with Crippen LogP contribution < -0.4 is 27.1 Å². The molecule has 10 aromatic carbocycles. The summed E-state index contributed by atoms with van der Waals surface area (Å²) in [4.78, 5) is 0. The van der Waals surface area contributed by atoms with Gasteiger partial charge in [-0.15, -0.1) is 0 Å². The van der Waals surface area contributed by atoms with Crippen molar-refractivity contribution >= 4 is 60.3 Å². The quantitative estimate of drug-likeness (QED) is 0.107. The standard InChI is InChI=1S/C68H68O6P2/c1-65(2,3)53-41-59(63(61(43-53)67(7,8)9)73-75(69-55-33-29-45-21-13-17-25-49(45)37-55)70-56-34-30-46-22-14-18-26-50(46)38-56)60-42-54(66(4,5)6)44-62(68(10,11)12)64(60)74-76(71-57-35-31-47-23-15-19-27-51(47)39-57)72-58-36-32-48-24-16-20-28-52(48)40-58/h13-44H,1-12H3. The Morgan fingerprint density at radius 2 is 0.500 bits per heavy atom. The van der Waals surface area contributed by atoms with Gasteiger partial charge in [0.05, 0.1) is 0 Å². The lowest BCUT2D eigenvalue weighted by molar-refractivity contribution is 0.379. The third kappa shape index (κ3) is 11.8. The maximum absolute atomic E-state index is 7.55. The van der Waals surface area contributed by atoms with Gasteiger partial charge >= 0.3 is 17.2 Å². The highest BCUT2D eigenvalue weighted by Crippen LogP contribution is 2.56. The molecule has 0 N–H and O–H groups in total. The van der Waals surface area contributed by atoms with Crippen LogP contribution in [-0.2, 0) is 21.7 Å². The molecule has 0 aliphatic carbocycles. The molecule has 10 aromatic rings. The van der Waals surface area contributed by atoms with Crippen LogP contribution in [0.4, 0.5) is 0 Å². The summed E-state index contributed by atoms with van der Waals surface area (Å²) in [5.74, 6) is 3.80. The summed E-state index contributed by atoms with van der Waals surface area (Å²) >= 11 is 0. The van der Waals surface area contributed by atoms with Gasteiger partial charge in [-0.05, 0) is 137 Å². The van der Waals surface area contributed by atoms with Crippen molar-refractivity contribution in [2.75, 3.05) is 0 Å². The van der Waals surface area contributed by atoms with E-state index < -0.39 is 28.0 Å². The molecule has 0 radical (unpaired) electrons. The fraction of sp³-hybridized carbons (Fsp3) is 0.235. The average Bonchev–Trinajstić information content (AvgIpc) is 3.39. The van der Waals surface area contributed by atoms with Crippen molar-refractivity contribution in [2.45, 2.75) is 105 Å². The van der Waals surface area contributed by atoms with E-state index in [1.165, 1.54) is 0 Å². The number of benzene rings is 10. The van der Waals surface area contributed by atoms with Crippen molar-refractivity contribution in [1.82, 2.24) is 0 Å². The Kier molecular flexibility index (Phi) is 14.3. The summed E-state index contributed by atoms with van der Waals surface area (Å²) in [5.41, 5.74) is 4.60. The van der Waals surface area contributed by atoms with E-state index in [0.29, 0.717) is 34.5 Å². The van der Waals surface area contributed by atoms with E-state index in [1.54, 1.807) is 0 Å². The minimum Gasteiger partial charge on any atom is -0.408 e. The second-order valence-corrected chi connectivity index (χ2v) is 25.8. The molecule has 6 nitrogen and oxygen atoms in total. The summed E-state index contributed by atoms with van der Waals surface area (Å²) in [7, 11) is -4.35. The molecule has 0 saturated heterocycles. The zero-order chi connectivity index (χ0) is 53.6. The van der Waals surface area contributed by atoms with Crippen LogP contribution in [-0.4, -0.2) is 0 Å². The van der Waals surface area contributed by atoms with E-state index in [1.807, 2.05) is 97.1 Å². The lowest BCUT2D eigenvalue weighted by atomic mass is 9.75. The predicted octanol–water partition coefficient (Wildman–Crippen LogP) is 20.7. The molecular formula is C68H68O6P2. The van der Waals surface area contributed by atoms with Crippen LogP contribution in [0, 0.1) is 0 Å². The van der Waals surface area contributed by atoms with Crippen LogP contribution in [0.2, 0.25) is 0 Å². The van der Waals surface area contributed by atoms with E-state index in [4.69, 9.17) is 27.1 Å². The first kappa shape index (κ1) is 52.3. The van der Waals surface area contributed by atoms with E-state index >= 15 is 0 Å². The summed E-state index contributed by atoms with van der Waals surface area (Å²) in [6.45, 7) is 27.0. The first-order valence-corrected chi connectivity index (χ1v) is 28.3. The lowest BCUT2D eigenvalue weighted by Gasteiger charge is -2.33. The average molecular weight is 1040 g/mol. The van der Waals surface area contributed by atoms with Crippen molar-refractivity contribution in [3.8, 4) is 45.6 Å². The number of hydrogen-bond donors (Lipinski definition) is 0. The molecule has 76 heavy (non-hydrogen) atoms. The lowest BCUT2D eigenvalue weighted by Crippen LogP contribution is -2.20. The minimum atomic E-state index is -2.18. The van der Waals surface area contributed by atoms with Gasteiger partial charge in [0.2, 0.25) is 0 Å². The molecule has 0 aliphatic rings. The van der Waals surface area contributed by atoms with Crippen molar-refractivity contribution in [3.63, 3.8) is 0 Å². The monoisotopic (exact) mass is 1040 g/mol. The van der Waals surface area contributed by atoms with Gasteiger partial charge in [-0.3, -0.25) is 0 Å². The van der Waals surface area contributed by atoms with Crippen molar-refractivity contribution < 1.29 is 27.1 Å². The molecule has 10 rings (SSSR count). The first-order chi connectivity index (χ1) is 36.1. The topological polar surface area (TPSA) is 55.4 Å². The normalized spacial score (nSPS) is 12.4. The summed E-state index contributed by atoms with van der Waals surface area (Å²) in [6.07, 6.45) is 0. The Hall–Kier alpha value is -7.10. The Bertz CT molecular complexity index is 3330. The first-order valence-electron chi connectivity index (χ1n) is 26.1. The molecule has 0 fully saturated rings. The fourth-order valence-electron chi connectivity index (χ4n) is 9.34. The highest BCUT2D eigenvalue weighted by Gasteiger charge is 2.36. The summed E-state index contributed by atoms with van der Waals surface area (Å²) in [6, 6.07) is 66.7. The third-order valence-electron chi connectivity index (χ3n) is 13.8. The Labute approximate surface area is 451 Å². The van der Waals surface area contributed by atoms with Gasteiger partial charge in [0.15, 0.2) is 0 Å². The van der Waals surface area contributed by atoms with E-state index in [9.17, 15) is 0 Å². The third-order valence-corrected chi connectivity index (χ3v) is 15.9. The zero-order valence-electron chi connectivity index (χ0n) is 45.8. The van der Waals surface area contributed by atoms with Gasteiger partial charge in [-0.2, -0.15) is 0 Å². The van der Waals surface area contributed by atoms with Crippen LogP contribution >= 0.6 is 17.2 Å². The highest BCUT2D eigenvalue weighted by molar-refractivity contribution is 7.43. The Balaban J connectivity index is 1.20. The maximum Gasteiger partial charge on any atom is 0.530 e. The van der Waals surface area contributed by atoms with Crippen molar-refractivity contribution in [1.29, 1.82) is 0 Å². The second-order valence-electron chi connectivity index (χ2n) is 23.8. The number of rotatable bonds is 13. The minimum absolute atomic E-state index is 0.262. The van der Waals surface area contributed by atoms with Gasteiger partial charge in [0, 0.05) is 22.3 Å². The van der Waals surface area contributed by atoms with Crippen molar-refractivity contribution in [3.05, 3.63) is 216 Å².